The largest absolute Gasteiger partial charge is 0.338 e. The lowest BCUT2D eigenvalue weighted by Crippen LogP contribution is -2.36. The molecule has 0 bridgehead atoms. The van der Waals surface area contributed by atoms with Crippen LogP contribution in [0.4, 0.5) is 8.78 Å². The summed E-state index contributed by atoms with van der Waals surface area (Å²) in [5.41, 5.74) is 5.47. The molecule has 2 N–H and O–H groups in total. The molecule has 1 rings (SSSR count). The van der Waals surface area contributed by atoms with Gasteiger partial charge in [-0.05, 0) is 31.0 Å². The smallest absolute Gasteiger partial charge is 0.254 e. The number of carbonyl (C=O) groups excluding carboxylic acids is 1. The van der Waals surface area contributed by atoms with Crippen molar-refractivity contribution in [1.29, 1.82) is 0 Å². The Bertz CT molecular complexity index is 415. The first-order valence-electron chi connectivity index (χ1n) is 6.39. The highest BCUT2D eigenvalue weighted by molar-refractivity contribution is 5.94. The van der Waals surface area contributed by atoms with E-state index in [-0.39, 0.29) is 17.4 Å². The summed E-state index contributed by atoms with van der Waals surface area (Å²) in [5.74, 6) is -1.57. The third-order valence-corrected chi connectivity index (χ3v) is 2.61. The number of nitrogens with two attached hydrogens (primary N) is 1. The number of benzene rings is 1. The molecule has 0 spiro atoms. The second-order valence-electron chi connectivity index (χ2n) is 4.95. The zero-order valence-corrected chi connectivity index (χ0v) is 11.3. The van der Waals surface area contributed by atoms with E-state index >= 15 is 0 Å². The highest BCUT2D eigenvalue weighted by Crippen LogP contribution is 2.12. The first-order valence-corrected chi connectivity index (χ1v) is 6.39. The Kier molecular flexibility index (Phi) is 5.89. The molecule has 3 nitrogen and oxygen atoms in total. The van der Waals surface area contributed by atoms with Crippen LogP contribution in [0.3, 0.4) is 0 Å². The third-order valence-electron chi connectivity index (χ3n) is 2.61. The zero-order valence-electron chi connectivity index (χ0n) is 11.3. The standard InChI is InChI=1S/C14H20F2N2O/c1-10(2)9-18(5-3-4-17)14(19)11-6-12(15)8-13(16)7-11/h6-8,10H,3-5,9,17H2,1-2H3. The maximum Gasteiger partial charge on any atom is 0.254 e. The van der Waals surface area contributed by atoms with E-state index in [1.807, 2.05) is 13.8 Å². The van der Waals surface area contributed by atoms with E-state index in [1.54, 1.807) is 4.90 Å². The molecule has 0 fully saturated rings. The Balaban J connectivity index is 2.90. The van der Waals surface area contributed by atoms with Crippen LogP contribution < -0.4 is 5.73 Å². The van der Waals surface area contributed by atoms with Crippen LogP contribution >= 0.6 is 0 Å². The van der Waals surface area contributed by atoms with Crippen LogP contribution in [0.1, 0.15) is 30.6 Å². The fourth-order valence-electron chi connectivity index (χ4n) is 1.86. The van der Waals surface area contributed by atoms with Gasteiger partial charge in [0.25, 0.3) is 5.91 Å². The quantitative estimate of drug-likeness (QED) is 0.863. The van der Waals surface area contributed by atoms with Crippen molar-refractivity contribution in [3.8, 4) is 0 Å². The van der Waals surface area contributed by atoms with Crippen LogP contribution in [-0.2, 0) is 0 Å². The number of hydrogen-bond donors (Lipinski definition) is 1. The Morgan fingerprint density at radius 3 is 2.32 bits per heavy atom. The summed E-state index contributed by atoms with van der Waals surface area (Å²) >= 11 is 0. The summed E-state index contributed by atoms with van der Waals surface area (Å²) in [7, 11) is 0. The van der Waals surface area contributed by atoms with Gasteiger partial charge in [0.05, 0.1) is 0 Å². The molecule has 1 aromatic rings. The van der Waals surface area contributed by atoms with Crippen LogP contribution in [0.25, 0.3) is 0 Å². The van der Waals surface area contributed by atoms with Gasteiger partial charge in [0, 0.05) is 24.7 Å². The Morgan fingerprint density at radius 1 is 1.26 bits per heavy atom. The van der Waals surface area contributed by atoms with Gasteiger partial charge in [0.15, 0.2) is 0 Å². The molecule has 19 heavy (non-hydrogen) atoms. The van der Waals surface area contributed by atoms with Crippen molar-refractivity contribution in [1.82, 2.24) is 4.90 Å². The Morgan fingerprint density at radius 2 is 1.84 bits per heavy atom. The van der Waals surface area contributed by atoms with Crippen molar-refractivity contribution in [2.24, 2.45) is 11.7 Å². The molecule has 0 aliphatic heterocycles. The van der Waals surface area contributed by atoms with Crippen LogP contribution in [0.2, 0.25) is 0 Å². The fraction of sp³-hybridized carbons (Fsp3) is 0.500. The van der Waals surface area contributed by atoms with Gasteiger partial charge in [-0.2, -0.15) is 0 Å². The van der Waals surface area contributed by atoms with E-state index in [0.717, 1.165) is 18.2 Å². The highest BCUT2D eigenvalue weighted by atomic mass is 19.1. The molecule has 0 atom stereocenters. The minimum Gasteiger partial charge on any atom is -0.338 e. The van der Waals surface area contributed by atoms with Gasteiger partial charge < -0.3 is 10.6 Å². The van der Waals surface area contributed by atoms with Crippen LogP contribution in [0.15, 0.2) is 18.2 Å². The van der Waals surface area contributed by atoms with E-state index in [9.17, 15) is 13.6 Å². The number of carbonyl (C=O) groups is 1. The average Bonchev–Trinajstić information content (AvgIpc) is 2.32. The summed E-state index contributed by atoms with van der Waals surface area (Å²) < 4.78 is 26.3. The molecule has 0 saturated heterocycles. The normalized spacial score (nSPS) is 10.8. The van der Waals surface area contributed by atoms with Crippen molar-refractivity contribution in [2.75, 3.05) is 19.6 Å². The summed E-state index contributed by atoms with van der Waals surface area (Å²) in [4.78, 5) is 13.8. The van der Waals surface area contributed by atoms with Gasteiger partial charge in [-0.15, -0.1) is 0 Å². The number of halogens is 2. The molecule has 0 radical (unpaired) electrons. The first kappa shape index (κ1) is 15.6. The lowest BCUT2D eigenvalue weighted by molar-refractivity contribution is 0.0734. The lowest BCUT2D eigenvalue weighted by atomic mass is 10.1. The SMILES string of the molecule is CC(C)CN(CCCN)C(=O)c1cc(F)cc(F)c1. The van der Waals surface area contributed by atoms with Crippen molar-refractivity contribution in [2.45, 2.75) is 20.3 Å². The molecule has 0 aromatic heterocycles. The molecular weight excluding hydrogens is 250 g/mol. The fourth-order valence-corrected chi connectivity index (χ4v) is 1.86. The first-order chi connectivity index (χ1) is 8.93. The van der Waals surface area contributed by atoms with E-state index < -0.39 is 11.6 Å². The summed E-state index contributed by atoms with van der Waals surface area (Å²) in [6.07, 6.45) is 0.663. The minimum atomic E-state index is -0.744. The number of nitrogens with zero attached hydrogens (tertiary/aromatic N) is 1. The van der Waals surface area contributed by atoms with Gasteiger partial charge in [-0.3, -0.25) is 4.79 Å². The number of hydrogen-bond acceptors (Lipinski definition) is 2. The molecule has 0 unspecified atom stereocenters. The second kappa shape index (κ2) is 7.19. The number of rotatable bonds is 6. The second-order valence-corrected chi connectivity index (χ2v) is 4.95. The Hall–Kier alpha value is -1.49. The maximum atomic E-state index is 13.1. The monoisotopic (exact) mass is 270 g/mol. The molecule has 1 amide bonds. The zero-order chi connectivity index (χ0) is 14.4. The predicted molar refractivity (Wildman–Crippen MR) is 70.8 cm³/mol. The highest BCUT2D eigenvalue weighted by Gasteiger charge is 2.17. The number of amides is 1. The lowest BCUT2D eigenvalue weighted by Gasteiger charge is -2.24. The van der Waals surface area contributed by atoms with Crippen molar-refractivity contribution in [3.05, 3.63) is 35.4 Å². The van der Waals surface area contributed by atoms with Gasteiger partial charge in [0.1, 0.15) is 11.6 Å². The van der Waals surface area contributed by atoms with Crippen LogP contribution in [0.5, 0.6) is 0 Å². The van der Waals surface area contributed by atoms with Crippen molar-refractivity contribution < 1.29 is 13.6 Å². The van der Waals surface area contributed by atoms with E-state index in [1.165, 1.54) is 0 Å². The maximum absolute atomic E-state index is 13.1. The summed E-state index contributed by atoms with van der Waals surface area (Å²) in [6.45, 7) is 5.46. The molecule has 1 aromatic carbocycles. The van der Waals surface area contributed by atoms with Crippen molar-refractivity contribution >= 4 is 5.91 Å². The molecule has 0 aliphatic rings. The minimum absolute atomic E-state index is 0.0372. The van der Waals surface area contributed by atoms with Crippen LogP contribution in [-0.4, -0.2) is 30.4 Å². The molecule has 0 heterocycles. The average molecular weight is 270 g/mol. The van der Waals surface area contributed by atoms with Gasteiger partial charge in [-0.1, -0.05) is 13.8 Å². The van der Waals surface area contributed by atoms with Crippen molar-refractivity contribution in [3.63, 3.8) is 0 Å². The molecule has 0 aliphatic carbocycles. The Labute approximate surface area is 112 Å². The van der Waals surface area contributed by atoms with Gasteiger partial charge in [0.2, 0.25) is 0 Å². The predicted octanol–water partition coefficient (Wildman–Crippen LogP) is 2.41. The molecule has 106 valence electrons. The summed E-state index contributed by atoms with van der Waals surface area (Å²) in [5, 5.41) is 0. The van der Waals surface area contributed by atoms with Gasteiger partial charge >= 0.3 is 0 Å². The van der Waals surface area contributed by atoms with E-state index in [4.69, 9.17) is 5.73 Å². The molecule has 0 saturated carbocycles. The molecular formula is C14H20F2N2O. The van der Waals surface area contributed by atoms with Gasteiger partial charge in [-0.25, -0.2) is 8.78 Å². The van der Waals surface area contributed by atoms with E-state index in [0.29, 0.717) is 26.1 Å². The summed E-state index contributed by atoms with van der Waals surface area (Å²) in [6, 6.07) is 2.87. The topological polar surface area (TPSA) is 46.3 Å². The third kappa shape index (κ3) is 4.95. The van der Waals surface area contributed by atoms with E-state index in [2.05, 4.69) is 0 Å². The molecule has 5 heteroatoms. The van der Waals surface area contributed by atoms with Crippen LogP contribution in [0, 0.1) is 17.6 Å².